The van der Waals surface area contributed by atoms with Crippen LogP contribution in [0.3, 0.4) is 0 Å². The van der Waals surface area contributed by atoms with Crippen LogP contribution in [0.15, 0.2) is 12.2 Å². The Morgan fingerprint density at radius 3 is 2.29 bits per heavy atom. The smallest absolute Gasteiger partial charge is 0.0829 e. The molecule has 0 aromatic heterocycles. The van der Waals surface area contributed by atoms with Gasteiger partial charge in [0.25, 0.3) is 0 Å². The van der Waals surface area contributed by atoms with Crippen molar-refractivity contribution in [3.63, 3.8) is 0 Å². The quantitative estimate of drug-likeness (QED) is 0.449. The molecule has 0 bridgehead atoms. The Kier molecular flexibility index (Phi) is 0.762. The summed E-state index contributed by atoms with van der Waals surface area (Å²) in [6.07, 6.45) is 1.90. The first-order valence-electron chi connectivity index (χ1n) is 2.53. The van der Waals surface area contributed by atoms with Crippen molar-refractivity contribution in [2.45, 2.75) is 25.4 Å². The van der Waals surface area contributed by atoms with Gasteiger partial charge in [-0.05, 0) is 25.3 Å². The second-order valence-corrected chi connectivity index (χ2v) is 2.38. The lowest BCUT2D eigenvalue weighted by Gasteiger charge is -2.35. The zero-order valence-electron chi connectivity index (χ0n) is 4.57. The highest BCUT2D eigenvalue weighted by atomic mass is 16.3. The van der Waals surface area contributed by atoms with Gasteiger partial charge in [0, 0.05) is 0 Å². The van der Waals surface area contributed by atoms with E-state index in [0.29, 0.717) is 0 Å². The zero-order chi connectivity index (χ0) is 5.49. The molecule has 1 fully saturated rings. The van der Waals surface area contributed by atoms with Crippen LogP contribution in [0.1, 0.15) is 19.8 Å². The fourth-order valence-electron chi connectivity index (χ4n) is 0.664. The van der Waals surface area contributed by atoms with Gasteiger partial charge in [0.05, 0.1) is 5.60 Å². The van der Waals surface area contributed by atoms with Crippen LogP contribution in [0.2, 0.25) is 0 Å². The zero-order valence-corrected chi connectivity index (χ0v) is 4.57. The van der Waals surface area contributed by atoms with E-state index in [1.54, 1.807) is 6.92 Å². The summed E-state index contributed by atoms with van der Waals surface area (Å²) < 4.78 is 0. The van der Waals surface area contributed by atoms with Crippen LogP contribution < -0.4 is 0 Å². The van der Waals surface area contributed by atoms with Crippen molar-refractivity contribution in [3.8, 4) is 0 Å². The SMILES string of the molecule is C=C1CCC1(C)O. The van der Waals surface area contributed by atoms with Crippen LogP contribution in [-0.2, 0) is 0 Å². The summed E-state index contributed by atoms with van der Waals surface area (Å²) >= 11 is 0. The summed E-state index contributed by atoms with van der Waals surface area (Å²) in [4.78, 5) is 0. The number of rotatable bonds is 0. The van der Waals surface area contributed by atoms with Crippen LogP contribution in [0.4, 0.5) is 0 Å². The molecule has 1 N–H and O–H groups in total. The minimum Gasteiger partial charge on any atom is -0.386 e. The molecule has 0 heterocycles. The fraction of sp³-hybridized carbons (Fsp3) is 0.667. The van der Waals surface area contributed by atoms with Crippen molar-refractivity contribution < 1.29 is 5.11 Å². The third-order valence-electron chi connectivity index (χ3n) is 1.68. The van der Waals surface area contributed by atoms with Gasteiger partial charge in [0.1, 0.15) is 0 Å². The highest BCUT2D eigenvalue weighted by Crippen LogP contribution is 2.35. The summed E-state index contributed by atoms with van der Waals surface area (Å²) in [6.45, 7) is 5.47. The molecule has 1 aliphatic rings. The fourth-order valence-corrected chi connectivity index (χ4v) is 0.664. The summed E-state index contributed by atoms with van der Waals surface area (Å²) in [7, 11) is 0. The van der Waals surface area contributed by atoms with Gasteiger partial charge in [-0.25, -0.2) is 0 Å². The molecule has 0 aliphatic heterocycles. The Bertz CT molecular complexity index is 103. The Balaban J connectivity index is 2.59. The van der Waals surface area contributed by atoms with E-state index < -0.39 is 5.60 Å². The Hall–Kier alpha value is -0.300. The molecule has 0 saturated heterocycles. The maximum Gasteiger partial charge on any atom is 0.0829 e. The number of hydrogen-bond acceptors (Lipinski definition) is 1. The third kappa shape index (κ3) is 0.570. The molecular weight excluding hydrogens is 88.1 g/mol. The molecule has 0 aromatic carbocycles. The largest absolute Gasteiger partial charge is 0.386 e. The third-order valence-corrected chi connectivity index (χ3v) is 1.68. The molecule has 0 amide bonds. The predicted octanol–water partition coefficient (Wildman–Crippen LogP) is 1.09. The molecular formula is C6H10O. The molecule has 1 aliphatic carbocycles. The second kappa shape index (κ2) is 1.10. The maximum atomic E-state index is 9.08. The monoisotopic (exact) mass is 98.1 g/mol. The Morgan fingerprint density at radius 2 is 2.29 bits per heavy atom. The Labute approximate surface area is 43.7 Å². The molecule has 1 saturated carbocycles. The highest BCUT2D eigenvalue weighted by molar-refractivity contribution is 5.19. The summed E-state index contributed by atoms with van der Waals surface area (Å²) in [5, 5.41) is 9.08. The predicted molar refractivity (Wildman–Crippen MR) is 29.0 cm³/mol. The summed E-state index contributed by atoms with van der Waals surface area (Å²) in [6, 6.07) is 0. The molecule has 1 heteroatoms. The van der Waals surface area contributed by atoms with Crippen LogP contribution in [0, 0.1) is 0 Å². The van der Waals surface area contributed by atoms with Crippen molar-refractivity contribution in [1.82, 2.24) is 0 Å². The topological polar surface area (TPSA) is 20.2 Å². The van der Waals surface area contributed by atoms with Gasteiger partial charge in [-0.3, -0.25) is 0 Å². The molecule has 1 atom stereocenters. The van der Waals surface area contributed by atoms with Gasteiger partial charge in [0.2, 0.25) is 0 Å². The second-order valence-electron chi connectivity index (χ2n) is 2.38. The molecule has 7 heavy (non-hydrogen) atoms. The molecule has 0 aromatic rings. The maximum absolute atomic E-state index is 9.08. The average Bonchev–Trinajstić information content (AvgIpc) is 1.63. The minimum atomic E-state index is -0.514. The normalized spacial score (nSPS) is 40.6. The van der Waals surface area contributed by atoms with E-state index in [1.807, 2.05) is 0 Å². The number of hydrogen-bond donors (Lipinski definition) is 1. The van der Waals surface area contributed by atoms with E-state index in [4.69, 9.17) is 5.11 Å². The molecule has 40 valence electrons. The van der Waals surface area contributed by atoms with Gasteiger partial charge < -0.3 is 5.11 Å². The van der Waals surface area contributed by atoms with Crippen molar-refractivity contribution in [3.05, 3.63) is 12.2 Å². The van der Waals surface area contributed by atoms with Gasteiger partial charge >= 0.3 is 0 Å². The molecule has 1 rings (SSSR count). The molecule has 0 spiro atoms. The van der Waals surface area contributed by atoms with E-state index in [9.17, 15) is 0 Å². The molecule has 1 nitrogen and oxygen atoms in total. The summed E-state index contributed by atoms with van der Waals surface area (Å²) in [5.41, 5.74) is 0.465. The van der Waals surface area contributed by atoms with Crippen LogP contribution in [0.5, 0.6) is 0 Å². The minimum absolute atomic E-state index is 0.514. The average molecular weight is 98.1 g/mol. The lowest BCUT2D eigenvalue weighted by molar-refractivity contribution is 0.0466. The van der Waals surface area contributed by atoms with E-state index in [0.717, 1.165) is 18.4 Å². The lowest BCUT2D eigenvalue weighted by Crippen LogP contribution is -2.35. The summed E-state index contributed by atoms with van der Waals surface area (Å²) in [5.74, 6) is 0. The van der Waals surface area contributed by atoms with Crippen LogP contribution in [0.25, 0.3) is 0 Å². The van der Waals surface area contributed by atoms with E-state index >= 15 is 0 Å². The lowest BCUT2D eigenvalue weighted by atomic mass is 9.77. The van der Waals surface area contributed by atoms with Crippen molar-refractivity contribution in [2.75, 3.05) is 0 Å². The van der Waals surface area contributed by atoms with Gasteiger partial charge in [0.15, 0.2) is 0 Å². The van der Waals surface area contributed by atoms with Crippen molar-refractivity contribution >= 4 is 0 Å². The van der Waals surface area contributed by atoms with Crippen LogP contribution >= 0.6 is 0 Å². The van der Waals surface area contributed by atoms with Crippen molar-refractivity contribution in [1.29, 1.82) is 0 Å². The van der Waals surface area contributed by atoms with Crippen molar-refractivity contribution in [2.24, 2.45) is 0 Å². The number of aliphatic hydroxyl groups is 1. The first kappa shape index (κ1) is 4.85. The first-order valence-corrected chi connectivity index (χ1v) is 2.53. The van der Waals surface area contributed by atoms with Gasteiger partial charge in [-0.15, -0.1) is 0 Å². The van der Waals surface area contributed by atoms with Crippen LogP contribution in [-0.4, -0.2) is 10.7 Å². The Morgan fingerprint density at radius 1 is 1.86 bits per heavy atom. The van der Waals surface area contributed by atoms with Gasteiger partial charge in [-0.1, -0.05) is 6.58 Å². The van der Waals surface area contributed by atoms with E-state index in [2.05, 4.69) is 6.58 Å². The van der Waals surface area contributed by atoms with E-state index in [-0.39, 0.29) is 0 Å². The molecule has 0 radical (unpaired) electrons. The molecule has 1 unspecified atom stereocenters. The van der Waals surface area contributed by atoms with E-state index in [1.165, 1.54) is 0 Å². The first-order chi connectivity index (χ1) is 3.13. The standard InChI is InChI=1S/C6H10O/c1-5-3-4-6(5,2)7/h7H,1,3-4H2,2H3. The van der Waals surface area contributed by atoms with Gasteiger partial charge in [-0.2, -0.15) is 0 Å². The highest BCUT2D eigenvalue weighted by Gasteiger charge is 2.32.